The Morgan fingerprint density at radius 1 is 1.15 bits per heavy atom. The summed E-state index contributed by atoms with van der Waals surface area (Å²) in [4.78, 5) is 27.6. The summed E-state index contributed by atoms with van der Waals surface area (Å²) < 4.78 is 0. The SMILES string of the molecule is Cc1cc(C)nc(C(=O)Nc2ccccc2C(N)=O)c1. The molecule has 0 saturated carbocycles. The van der Waals surface area contributed by atoms with Gasteiger partial charge in [0.25, 0.3) is 11.8 Å². The van der Waals surface area contributed by atoms with E-state index in [0.29, 0.717) is 11.4 Å². The summed E-state index contributed by atoms with van der Waals surface area (Å²) in [5, 5.41) is 2.66. The van der Waals surface area contributed by atoms with Crippen molar-refractivity contribution in [2.45, 2.75) is 13.8 Å². The van der Waals surface area contributed by atoms with Gasteiger partial charge < -0.3 is 11.1 Å². The third-order valence-corrected chi connectivity index (χ3v) is 2.77. The van der Waals surface area contributed by atoms with Gasteiger partial charge in [0.2, 0.25) is 0 Å². The molecule has 0 saturated heterocycles. The molecule has 0 fully saturated rings. The Morgan fingerprint density at radius 3 is 2.50 bits per heavy atom. The van der Waals surface area contributed by atoms with E-state index in [0.717, 1.165) is 11.3 Å². The van der Waals surface area contributed by atoms with Crippen LogP contribution in [0.2, 0.25) is 0 Å². The van der Waals surface area contributed by atoms with Crippen LogP contribution in [0.15, 0.2) is 36.4 Å². The number of aryl methyl sites for hydroxylation is 2. The number of hydrogen-bond acceptors (Lipinski definition) is 3. The number of primary amides is 1. The number of pyridine rings is 1. The van der Waals surface area contributed by atoms with Crippen LogP contribution < -0.4 is 11.1 Å². The van der Waals surface area contributed by atoms with Crippen molar-refractivity contribution in [3.05, 3.63) is 58.9 Å². The van der Waals surface area contributed by atoms with Crippen molar-refractivity contribution >= 4 is 17.5 Å². The second-order valence-corrected chi connectivity index (χ2v) is 4.54. The van der Waals surface area contributed by atoms with Crippen molar-refractivity contribution in [2.24, 2.45) is 5.73 Å². The molecule has 1 heterocycles. The van der Waals surface area contributed by atoms with E-state index in [1.807, 2.05) is 19.9 Å². The fraction of sp³-hybridized carbons (Fsp3) is 0.133. The molecule has 5 heteroatoms. The van der Waals surface area contributed by atoms with Gasteiger partial charge in [0.15, 0.2) is 0 Å². The summed E-state index contributed by atoms with van der Waals surface area (Å²) in [5.74, 6) is -0.959. The molecular formula is C15H15N3O2. The summed E-state index contributed by atoms with van der Waals surface area (Å²) >= 11 is 0. The van der Waals surface area contributed by atoms with Gasteiger partial charge in [-0.1, -0.05) is 12.1 Å². The van der Waals surface area contributed by atoms with Gasteiger partial charge in [-0.2, -0.15) is 0 Å². The van der Waals surface area contributed by atoms with Crippen molar-refractivity contribution in [1.82, 2.24) is 4.98 Å². The molecule has 102 valence electrons. The average molecular weight is 269 g/mol. The van der Waals surface area contributed by atoms with Gasteiger partial charge >= 0.3 is 0 Å². The Hall–Kier alpha value is -2.69. The second kappa shape index (κ2) is 5.52. The van der Waals surface area contributed by atoms with E-state index in [2.05, 4.69) is 10.3 Å². The predicted molar refractivity (Wildman–Crippen MR) is 76.6 cm³/mol. The van der Waals surface area contributed by atoms with Crippen molar-refractivity contribution in [1.29, 1.82) is 0 Å². The van der Waals surface area contributed by atoms with Crippen LogP contribution in [0.1, 0.15) is 32.1 Å². The number of anilines is 1. The summed E-state index contributed by atoms with van der Waals surface area (Å²) in [6.45, 7) is 3.71. The van der Waals surface area contributed by atoms with Crippen LogP contribution in [-0.4, -0.2) is 16.8 Å². The smallest absolute Gasteiger partial charge is 0.274 e. The zero-order chi connectivity index (χ0) is 14.7. The highest BCUT2D eigenvalue weighted by molar-refractivity contribution is 6.07. The van der Waals surface area contributed by atoms with Gasteiger partial charge in [0, 0.05) is 5.69 Å². The number of carbonyl (C=O) groups is 2. The van der Waals surface area contributed by atoms with Crippen LogP contribution in [0.5, 0.6) is 0 Å². The monoisotopic (exact) mass is 269 g/mol. The van der Waals surface area contributed by atoms with E-state index in [1.165, 1.54) is 0 Å². The number of carbonyl (C=O) groups excluding carboxylic acids is 2. The first-order valence-corrected chi connectivity index (χ1v) is 6.13. The highest BCUT2D eigenvalue weighted by atomic mass is 16.2. The molecule has 20 heavy (non-hydrogen) atoms. The number of rotatable bonds is 3. The highest BCUT2D eigenvalue weighted by Crippen LogP contribution is 2.15. The normalized spacial score (nSPS) is 10.1. The van der Waals surface area contributed by atoms with Crippen LogP contribution >= 0.6 is 0 Å². The van der Waals surface area contributed by atoms with Gasteiger partial charge in [0.1, 0.15) is 5.69 Å². The summed E-state index contributed by atoms with van der Waals surface area (Å²) in [6.07, 6.45) is 0. The molecule has 2 amide bonds. The minimum atomic E-state index is -0.589. The second-order valence-electron chi connectivity index (χ2n) is 4.54. The van der Waals surface area contributed by atoms with Crippen molar-refractivity contribution in [2.75, 3.05) is 5.32 Å². The minimum Gasteiger partial charge on any atom is -0.366 e. The maximum absolute atomic E-state index is 12.2. The van der Waals surface area contributed by atoms with Gasteiger partial charge in [-0.05, 0) is 43.7 Å². The molecule has 0 radical (unpaired) electrons. The third-order valence-electron chi connectivity index (χ3n) is 2.77. The van der Waals surface area contributed by atoms with E-state index < -0.39 is 5.91 Å². The largest absolute Gasteiger partial charge is 0.366 e. The van der Waals surface area contributed by atoms with Crippen molar-refractivity contribution in [3.63, 3.8) is 0 Å². The summed E-state index contributed by atoms with van der Waals surface area (Å²) in [6, 6.07) is 10.2. The van der Waals surface area contributed by atoms with Crippen LogP contribution in [-0.2, 0) is 0 Å². The molecular weight excluding hydrogens is 254 g/mol. The van der Waals surface area contributed by atoms with Gasteiger partial charge in [-0.25, -0.2) is 4.98 Å². The molecule has 3 N–H and O–H groups in total. The maximum Gasteiger partial charge on any atom is 0.274 e. The first kappa shape index (κ1) is 13.7. The number of nitrogens with zero attached hydrogens (tertiary/aromatic N) is 1. The number of benzene rings is 1. The van der Waals surface area contributed by atoms with E-state index in [-0.39, 0.29) is 11.5 Å². The molecule has 0 spiro atoms. The molecule has 0 aliphatic heterocycles. The number of nitrogens with one attached hydrogen (secondary N) is 1. The molecule has 0 unspecified atom stereocenters. The molecule has 0 aliphatic rings. The quantitative estimate of drug-likeness (QED) is 0.894. The molecule has 5 nitrogen and oxygen atoms in total. The molecule has 0 bridgehead atoms. The van der Waals surface area contributed by atoms with Gasteiger partial charge in [0.05, 0.1) is 11.3 Å². The Morgan fingerprint density at radius 2 is 1.85 bits per heavy atom. The molecule has 1 aromatic carbocycles. The first-order chi connectivity index (χ1) is 9.47. The number of para-hydroxylation sites is 1. The van der Waals surface area contributed by atoms with Crippen LogP contribution in [0.4, 0.5) is 5.69 Å². The molecule has 2 aromatic rings. The van der Waals surface area contributed by atoms with E-state index in [4.69, 9.17) is 5.73 Å². The van der Waals surface area contributed by atoms with Gasteiger partial charge in [-0.3, -0.25) is 9.59 Å². The molecule has 2 rings (SSSR count). The first-order valence-electron chi connectivity index (χ1n) is 6.13. The average Bonchev–Trinajstić information content (AvgIpc) is 2.37. The maximum atomic E-state index is 12.2. The Kier molecular flexibility index (Phi) is 3.79. The molecule has 1 aromatic heterocycles. The fourth-order valence-electron chi connectivity index (χ4n) is 1.95. The highest BCUT2D eigenvalue weighted by Gasteiger charge is 2.13. The standard InChI is InChI=1S/C15H15N3O2/c1-9-7-10(2)17-13(8-9)15(20)18-12-6-4-3-5-11(12)14(16)19/h3-8H,1-2H3,(H2,16,19)(H,18,20). The van der Waals surface area contributed by atoms with E-state index in [1.54, 1.807) is 30.3 Å². The number of hydrogen-bond donors (Lipinski definition) is 2. The Balaban J connectivity index is 2.30. The van der Waals surface area contributed by atoms with Crippen molar-refractivity contribution in [3.8, 4) is 0 Å². The van der Waals surface area contributed by atoms with Crippen LogP contribution in [0.3, 0.4) is 0 Å². The number of nitrogens with two attached hydrogens (primary N) is 1. The Bertz CT molecular complexity index is 660. The molecule has 0 aliphatic carbocycles. The Labute approximate surface area is 116 Å². The summed E-state index contributed by atoms with van der Waals surface area (Å²) in [5.41, 5.74) is 7.94. The predicted octanol–water partition coefficient (Wildman–Crippen LogP) is 2.05. The fourth-order valence-corrected chi connectivity index (χ4v) is 1.95. The van der Waals surface area contributed by atoms with E-state index in [9.17, 15) is 9.59 Å². The lowest BCUT2D eigenvalue weighted by Crippen LogP contribution is -2.19. The topological polar surface area (TPSA) is 85.1 Å². The van der Waals surface area contributed by atoms with Gasteiger partial charge in [-0.15, -0.1) is 0 Å². The zero-order valence-electron chi connectivity index (χ0n) is 11.3. The van der Waals surface area contributed by atoms with Crippen molar-refractivity contribution < 1.29 is 9.59 Å². The van der Waals surface area contributed by atoms with Crippen LogP contribution in [0, 0.1) is 13.8 Å². The minimum absolute atomic E-state index is 0.269. The molecule has 0 atom stereocenters. The lowest BCUT2D eigenvalue weighted by molar-refractivity contribution is 0.100. The van der Waals surface area contributed by atoms with Crippen LogP contribution in [0.25, 0.3) is 0 Å². The number of amides is 2. The lowest BCUT2D eigenvalue weighted by Gasteiger charge is -2.09. The zero-order valence-corrected chi connectivity index (χ0v) is 11.3. The third kappa shape index (κ3) is 3.00. The number of aromatic nitrogens is 1. The van der Waals surface area contributed by atoms with E-state index >= 15 is 0 Å². The lowest BCUT2D eigenvalue weighted by atomic mass is 10.1. The summed E-state index contributed by atoms with van der Waals surface area (Å²) in [7, 11) is 0.